The van der Waals surface area contributed by atoms with Crippen LogP contribution in [-0.2, 0) is 6.42 Å². The molecule has 0 aliphatic rings. The van der Waals surface area contributed by atoms with Gasteiger partial charge < -0.3 is 5.32 Å². The molecule has 0 aliphatic carbocycles. The van der Waals surface area contributed by atoms with Crippen molar-refractivity contribution in [3.63, 3.8) is 0 Å². The Labute approximate surface area is 107 Å². The number of hydrogen-bond donors (Lipinski definition) is 1. The van der Waals surface area contributed by atoms with Gasteiger partial charge in [-0.1, -0.05) is 44.2 Å². The van der Waals surface area contributed by atoms with Crippen LogP contribution in [0.5, 0.6) is 0 Å². The first-order valence-electron chi connectivity index (χ1n) is 6.14. The fourth-order valence-electron chi connectivity index (χ4n) is 1.72. The van der Waals surface area contributed by atoms with Gasteiger partial charge in [0.25, 0.3) is 0 Å². The number of rotatable bonds is 5. The van der Waals surface area contributed by atoms with Crippen LogP contribution in [0.3, 0.4) is 0 Å². The molecule has 1 aromatic carbocycles. The van der Waals surface area contributed by atoms with Crippen molar-refractivity contribution in [1.29, 1.82) is 0 Å². The molecule has 0 atom stereocenters. The van der Waals surface area contributed by atoms with E-state index in [1.54, 1.807) is 11.3 Å². The second kappa shape index (κ2) is 5.82. The van der Waals surface area contributed by atoms with Crippen molar-refractivity contribution < 1.29 is 0 Å². The maximum Gasteiger partial charge on any atom is 0.183 e. The summed E-state index contributed by atoms with van der Waals surface area (Å²) in [6, 6.07) is 10.4. The molecule has 17 heavy (non-hydrogen) atoms. The van der Waals surface area contributed by atoms with Crippen LogP contribution in [-0.4, -0.2) is 11.5 Å². The van der Waals surface area contributed by atoms with Crippen molar-refractivity contribution in [3.8, 4) is 11.3 Å². The SMILES string of the molecule is CCCNc1nc(-c2ccccc2)c(CC)s1. The van der Waals surface area contributed by atoms with E-state index < -0.39 is 0 Å². The Morgan fingerprint density at radius 3 is 2.59 bits per heavy atom. The van der Waals surface area contributed by atoms with Crippen LogP contribution >= 0.6 is 11.3 Å². The zero-order valence-corrected chi connectivity index (χ0v) is 11.2. The highest BCUT2D eigenvalue weighted by atomic mass is 32.1. The Morgan fingerprint density at radius 1 is 1.18 bits per heavy atom. The van der Waals surface area contributed by atoms with Gasteiger partial charge in [-0.2, -0.15) is 0 Å². The fraction of sp³-hybridized carbons (Fsp3) is 0.357. The lowest BCUT2D eigenvalue weighted by molar-refractivity contribution is 0.976. The number of nitrogens with one attached hydrogen (secondary N) is 1. The summed E-state index contributed by atoms with van der Waals surface area (Å²) in [7, 11) is 0. The first-order chi connectivity index (χ1) is 8.35. The van der Waals surface area contributed by atoms with E-state index in [2.05, 4.69) is 43.4 Å². The van der Waals surface area contributed by atoms with Crippen molar-refractivity contribution in [1.82, 2.24) is 4.98 Å². The minimum Gasteiger partial charge on any atom is -0.362 e. The van der Waals surface area contributed by atoms with Gasteiger partial charge in [0.2, 0.25) is 0 Å². The second-order valence-corrected chi connectivity index (χ2v) is 5.02. The van der Waals surface area contributed by atoms with E-state index in [1.807, 2.05) is 6.07 Å². The normalized spacial score (nSPS) is 10.5. The molecule has 0 unspecified atom stereocenters. The monoisotopic (exact) mass is 246 g/mol. The molecular weight excluding hydrogens is 228 g/mol. The Kier molecular flexibility index (Phi) is 4.15. The molecule has 0 radical (unpaired) electrons. The maximum atomic E-state index is 4.70. The largest absolute Gasteiger partial charge is 0.362 e. The Balaban J connectivity index is 2.30. The molecule has 2 nitrogen and oxygen atoms in total. The summed E-state index contributed by atoms with van der Waals surface area (Å²) in [5, 5.41) is 4.41. The zero-order valence-electron chi connectivity index (χ0n) is 10.4. The van der Waals surface area contributed by atoms with Gasteiger partial charge in [-0.05, 0) is 12.8 Å². The highest BCUT2D eigenvalue weighted by Crippen LogP contribution is 2.31. The van der Waals surface area contributed by atoms with Crippen LogP contribution in [0.25, 0.3) is 11.3 Å². The Hall–Kier alpha value is -1.35. The summed E-state index contributed by atoms with van der Waals surface area (Å²) in [4.78, 5) is 6.05. The molecule has 1 aromatic heterocycles. The molecule has 0 saturated heterocycles. The summed E-state index contributed by atoms with van der Waals surface area (Å²) in [6.45, 7) is 5.34. The molecule has 0 spiro atoms. The van der Waals surface area contributed by atoms with E-state index in [4.69, 9.17) is 4.98 Å². The molecule has 0 aliphatic heterocycles. The number of thiazole rings is 1. The van der Waals surface area contributed by atoms with Crippen molar-refractivity contribution in [2.75, 3.05) is 11.9 Å². The third-order valence-electron chi connectivity index (χ3n) is 2.59. The smallest absolute Gasteiger partial charge is 0.183 e. The summed E-state index contributed by atoms with van der Waals surface area (Å²) >= 11 is 1.77. The van der Waals surface area contributed by atoms with Crippen LogP contribution in [0.1, 0.15) is 25.1 Å². The number of hydrogen-bond acceptors (Lipinski definition) is 3. The summed E-state index contributed by atoms with van der Waals surface area (Å²) in [5.41, 5.74) is 2.35. The summed E-state index contributed by atoms with van der Waals surface area (Å²) < 4.78 is 0. The topological polar surface area (TPSA) is 24.9 Å². The van der Waals surface area contributed by atoms with Gasteiger partial charge in [-0.25, -0.2) is 4.98 Å². The predicted molar refractivity (Wildman–Crippen MR) is 75.7 cm³/mol. The van der Waals surface area contributed by atoms with Gasteiger partial charge in [0.1, 0.15) is 0 Å². The minimum absolute atomic E-state index is 0.991. The van der Waals surface area contributed by atoms with E-state index in [9.17, 15) is 0 Å². The lowest BCUT2D eigenvalue weighted by Gasteiger charge is -1.99. The molecule has 2 aromatic rings. The molecule has 0 bridgehead atoms. The third-order valence-corrected chi connectivity index (χ3v) is 3.75. The Bertz CT molecular complexity index is 462. The van der Waals surface area contributed by atoms with Crippen molar-refractivity contribution >= 4 is 16.5 Å². The summed E-state index contributed by atoms with van der Waals surface area (Å²) in [5.74, 6) is 0. The molecule has 1 N–H and O–H groups in total. The fourth-order valence-corrected chi connectivity index (χ4v) is 2.67. The van der Waals surface area contributed by atoms with Crippen LogP contribution in [0.4, 0.5) is 5.13 Å². The van der Waals surface area contributed by atoms with Crippen molar-refractivity contribution in [2.45, 2.75) is 26.7 Å². The number of aryl methyl sites for hydroxylation is 1. The van der Waals surface area contributed by atoms with Gasteiger partial charge in [0.15, 0.2) is 5.13 Å². The van der Waals surface area contributed by atoms with Gasteiger partial charge in [-0.3, -0.25) is 0 Å². The van der Waals surface area contributed by atoms with Crippen LogP contribution in [0.15, 0.2) is 30.3 Å². The molecule has 0 fully saturated rings. The number of nitrogens with zero attached hydrogens (tertiary/aromatic N) is 1. The van der Waals surface area contributed by atoms with Crippen molar-refractivity contribution in [2.24, 2.45) is 0 Å². The molecular formula is C14H18N2S. The number of anilines is 1. The standard InChI is InChI=1S/C14H18N2S/c1-3-10-15-14-16-13(12(4-2)17-14)11-8-6-5-7-9-11/h5-9H,3-4,10H2,1-2H3,(H,15,16). The van der Waals surface area contributed by atoms with Gasteiger partial charge in [-0.15, -0.1) is 11.3 Å². The highest BCUT2D eigenvalue weighted by Gasteiger charge is 2.10. The van der Waals surface area contributed by atoms with Gasteiger partial charge in [0, 0.05) is 17.0 Å². The first kappa shape index (κ1) is 12.1. The average Bonchev–Trinajstić information content (AvgIpc) is 2.80. The average molecular weight is 246 g/mol. The molecule has 0 amide bonds. The summed E-state index contributed by atoms with van der Waals surface area (Å²) in [6.07, 6.45) is 2.16. The van der Waals surface area contributed by atoms with Gasteiger partial charge in [0.05, 0.1) is 5.69 Å². The van der Waals surface area contributed by atoms with E-state index in [1.165, 1.54) is 10.4 Å². The molecule has 0 saturated carbocycles. The lowest BCUT2D eigenvalue weighted by Crippen LogP contribution is -1.98. The van der Waals surface area contributed by atoms with E-state index in [0.717, 1.165) is 30.2 Å². The minimum atomic E-state index is 0.991. The predicted octanol–water partition coefficient (Wildman–Crippen LogP) is 4.19. The van der Waals surface area contributed by atoms with Crippen LogP contribution < -0.4 is 5.32 Å². The highest BCUT2D eigenvalue weighted by molar-refractivity contribution is 7.16. The third kappa shape index (κ3) is 2.86. The zero-order chi connectivity index (χ0) is 12.1. The van der Waals surface area contributed by atoms with Crippen LogP contribution in [0, 0.1) is 0 Å². The van der Waals surface area contributed by atoms with Gasteiger partial charge >= 0.3 is 0 Å². The molecule has 3 heteroatoms. The van der Waals surface area contributed by atoms with Crippen molar-refractivity contribution in [3.05, 3.63) is 35.2 Å². The number of aromatic nitrogens is 1. The molecule has 90 valence electrons. The lowest BCUT2D eigenvalue weighted by atomic mass is 10.1. The second-order valence-electron chi connectivity index (χ2n) is 3.94. The first-order valence-corrected chi connectivity index (χ1v) is 6.95. The van der Waals surface area contributed by atoms with Crippen LogP contribution in [0.2, 0.25) is 0 Å². The Morgan fingerprint density at radius 2 is 1.94 bits per heavy atom. The quantitative estimate of drug-likeness (QED) is 0.855. The molecule has 1 heterocycles. The van der Waals surface area contributed by atoms with E-state index >= 15 is 0 Å². The molecule has 2 rings (SSSR count). The van der Waals surface area contributed by atoms with E-state index in [0.29, 0.717) is 0 Å². The van der Waals surface area contributed by atoms with E-state index in [-0.39, 0.29) is 0 Å². The maximum absolute atomic E-state index is 4.70. The number of benzene rings is 1.